The number of H-pyrrole nitrogens is 1. The summed E-state index contributed by atoms with van der Waals surface area (Å²) in [5.74, 6) is 1.54. The maximum absolute atomic E-state index is 14.0. The van der Waals surface area contributed by atoms with Crippen molar-refractivity contribution in [3.05, 3.63) is 88.8 Å². The highest BCUT2D eigenvalue weighted by atomic mass is 19.1. The summed E-state index contributed by atoms with van der Waals surface area (Å²) in [6, 6.07) is 12.5. The zero-order chi connectivity index (χ0) is 24.6. The number of halogens is 1. The van der Waals surface area contributed by atoms with Gasteiger partial charge in [0, 0.05) is 5.56 Å². The highest BCUT2D eigenvalue weighted by molar-refractivity contribution is 5.75. The Hall–Kier alpha value is -3.76. The minimum Gasteiger partial charge on any atom is -0.473 e. The minimum absolute atomic E-state index is 0.0273. The molecule has 180 valence electrons. The summed E-state index contributed by atoms with van der Waals surface area (Å²) in [5.41, 5.74) is 4.01. The van der Waals surface area contributed by atoms with E-state index < -0.39 is 5.82 Å². The molecule has 1 fully saturated rings. The number of benzene rings is 2. The molecule has 1 aliphatic rings. The summed E-state index contributed by atoms with van der Waals surface area (Å²) in [6.45, 7) is 8.61. The van der Waals surface area contributed by atoms with Crippen LogP contribution in [0.15, 0.2) is 65.5 Å². The number of aromatic amines is 1. The van der Waals surface area contributed by atoms with Crippen LogP contribution in [-0.2, 0) is 17.9 Å². The fourth-order valence-electron chi connectivity index (χ4n) is 4.30. The number of aryl methyl sites for hydroxylation is 1. The van der Waals surface area contributed by atoms with Gasteiger partial charge in [0.15, 0.2) is 0 Å². The summed E-state index contributed by atoms with van der Waals surface area (Å²) in [5, 5.41) is 8.84. The van der Waals surface area contributed by atoms with Crippen LogP contribution in [0.25, 0.3) is 11.0 Å². The Morgan fingerprint density at radius 2 is 2.14 bits per heavy atom. The van der Waals surface area contributed by atoms with E-state index in [1.807, 2.05) is 12.1 Å². The van der Waals surface area contributed by atoms with Gasteiger partial charge in [0.05, 0.1) is 29.2 Å². The molecule has 3 aromatic rings. The molecule has 0 saturated carbocycles. The number of aromatic nitrogens is 2. The van der Waals surface area contributed by atoms with Gasteiger partial charge in [-0.25, -0.2) is 14.4 Å². The molecule has 7 heteroatoms. The summed E-state index contributed by atoms with van der Waals surface area (Å²) in [6.07, 6.45) is 9.07. The number of aliphatic imine (C=N–C) groups is 1. The van der Waals surface area contributed by atoms with E-state index in [0.29, 0.717) is 17.4 Å². The number of nitrogens with one attached hydrogen (secondary N) is 1. The van der Waals surface area contributed by atoms with Crippen LogP contribution in [0, 0.1) is 30.0 Å². The van der Waals surface area contributed by atoms with Gasteiger partial charge in [-0.05, 0) is 87.8 Å². The Kier molecular flexibility index (Phi) is 8.07. The number of nitriles is 1. The lowest BCUT2D eigenvalue weighted by Crippen LogP contribution is -2.33. The van der Waals surface area contributed by atoms with Crippen molar-refractivity contribution in [1.29, 1.82) is 5.26 Å². The van der Waals surface area contributed by atoms with Gasteiger partial charge in [0.1, 0.15) is 18.2 Å². The number of piperidine rings is 1. The first kappa shape index (κ1) is 24.4. The van der Waals surface area contributed by atoms with E-state index in [4.69, 9.17) is 15.0 Å². The third-order valence-electron chi connectivity index (χ3n) is 6.32. The topological polar surface area (TPSA) is 77.3 Å². The smallest absolute Gasteiger partial charge is 0.212 e. The molecule has 0 aliphatic carbocycles. The average Bonchev–Trinajstić information content (AvgIpc) is 3.26. The molecule has 4 rings (SSSR count). The Balaban J connectivity index is 1.20. The number of hydrogen-bond donors (Lipinski definition) is 1. The zero-order valence-corrected chi connectivity index (χ0v) is 20.0. The van der Waals surface area contributed by atoms with Gasteiger partial charge in [-0.1, -0.05) is 24.3 Å². The first-order valence-electron chi connectivity index (χ1n) is 11.9. The molecule has 1 N–H and O–H groups in total. The predicted octanol–water partition coefficient (Wildman–Crippen LogP) is 5.80. The van der Waals surface area contributed by atoms with Gasteiger partial charge in [-0.3, -0.25) is 4.90 Å². The fraction of sp³-hybridized carbons (Fsp3) is 0.321. The molecule has 1 saturated heterocycles. The summed E-state index contributed by atoms with van der Waals surface area (Å²) in [4.78, 5) is 14.5. The molecule has 0 spiro atoms. The molecule has 0 radical (unpaired) electrons. The molecular weight excluding hydrogens is 441 g/mol. The highest BCUT2D eigenvalue weighted by Gasteiger charge is 2.19. The monoisotopic (exact) mass is 471 g/mol. The molecule has 1 aliphatic heterocycles. The molecule has 0 atom stereocenters. The van der Waals surface area contributed by atoms with Crippen LogP contribution in [0.5, 0.6) is 0 Å². The van der Waals surface area contributed by atoms with Gasteiger partial charge in [-0.2, -0.15) is 5.26 Å². The molecule has 1 aromatic heterocycles. The zero-order valence-electron chi connectivity index (χ0n) is 20.0. The third kappa shape index (κ3) is 6.65. The quantitative estimate of drug-likeness (QED) is 0.243. The van der Waals surface area contributed by atoms with Gasteiger partial charge < -0.3 is 9.72 Å². The standard InChI is InChI=1S/C28H30FN5O/c1-20-7-10-25-26(15-20)33-27(32-25)18-34-13-11-21(12-14-34)5-3-4-6-28(31-2)35-19-23-9-8-22(17-30)16-24(23)29/h3-4,6-10,15-16,21H,2,5,11-14,18-19H2,1H3,(H,32,33)/b4-3-,28-6+. The van der Waals surface area contributed by atoms with Crippen LogP contribution in [0.1, 0.15) is 41.8 Å². The van der Waals surface area contributed by atoms with E-state index in [9.17, 15) is 4.39 Å². The van der Waals surface area contributed by atoms with Crippen molar-refractivity contribution < 1.29 is 9.13 Å². The van der Waals surface area contributed by atoms with Crippen LogP contribution >= 0.6 is 0 Å². The van der Waals surface area contributed by atoms with E-state index in [1.54, 1.807) is 18.2 Å². The molecule has 35 heavy (non-hydrogen) atoms. The van der Waals surface area contributed by atoms with Crippen molar-refractivity contribution in [2.75, 3.05) is 13.1 Å². The van der Waals surface area contributed by atoms with Crippen molar-refractivity contribution in [3.63, 3.8) is 0 Å². The minimum atomic E-state index is -0.468. The first-order chi connectivity index (χ1) is 17.0. The average molecular weight is 472 g/mol. The van der Waals surface area contributed by atoms with Gasteiger partial charge in [-0.15, -0.1) is 0 Å². The largest absolute Gasteiger partial charge is 0.473 e. The second-order valence-corrected chi connectivity index (χ2v) is 8.96. The summed E-state index contributed by atoms with van der Waals surface area (Å²) >= 11 is 0. The lowest BCUT2D eigenvalue weighted by molar-refractivity contribution is 0.175. The Morgan fingerprint density at radius 1 is 1.31 bits per heavy atom. The number of ether oxygens (including phenoxy) is 1. The van der Waals surface area contributed by atoms with Crippen LogP contribution in [-0.4, -0.2) is 34.7 Å². The maximum Gasteiger partial charge on any atom is 0.212 e. The van der Waals surface area contributed by atoms with E-state index in [-0.39, 0.29) is 12.2 Å². The maximum atomic E-state index is 14.0. The third-order valence-corrected chi connectivity index (χ3v) is 6.32. The van der Waals surface area contributed by atoms with E-state index in [1.165, 1.54) is 11.6 Å². The van der Waals surface area contributed by atoms with Crippen molar-refractivity contribution in [1.82, 2.24) is 14.9 Å². The van der Waals surface area contributed by atoms with Crippen LogP contribution in [0.2, 0.25) is 0 Å². The van der Waals surface area contributed by atoms with Crippen molar-refractivity contribution in [2.24, 2.45) is 10.9 Å². The number of allylic oxidation sites excluding steroid dienone is 3. The van der Waals surface area contributed by atoms with E-state index >= 15 is 0 Å². The molecule has 2 heterocycles. The van der Waals surface area contributed by atoms with Crippen molar-refractivity contribution in [2.45, 2.75) is 39.3 Å². The lowest BCUT2D eigenvalue weighted by Gasteiger charge is -2.30. The van der Waals surface area contributed by atoms with Crippen LogP contribution in [0.4, 0.5) is 4.39 Å². The Morgan fingerprint density at radius 3 is 2.89 bits per heavy atom. The number of imidazole rings is 1. The van der Waals surface area contributed by atoms with Crippen molar-refractivity contribution in [3.8, 4) is 6.07 Å². The Labute approximate surface area is 205 Å². The van der Waals surface area contributed by atoms with Crippen molar-refractivity contribution >= 4 is 17.8 Å². The molecule has 2 aromatic carbocycles. The molecule has 0 unspecified atom stereocenters. The van der Waals surface area contributed by atoms with E-state index in [2.05, 4.69) is 52.8 Å². The molecule has 6 nitrogen and oxygen atoms in total. The first-order valence-corrected chi connectivity index (χ1v) is 11.9. The predicted molar refractivity (Wildman–Crippen MR) is 136 cm³/mol. The second-order valence-electron chi connectivity index (χ2n) is 8.96. The van der Waals surface area contributed by atoms with Gasteiger partial charge >= 0.3 is 0 Å². The Bertz CT molecular complexity index is 1280. The van der Waals surface area contributed by atoms with Gasteiger partial charge in [0.2, 0.25) is 5.88 Å². The molecular formula is C28H30FN5O. The number of rotatable bonds is 9. The number of fused-ring (bicyclic) bond motifs is 1. The number of nitrogens with zero attached hydrogens (tertiary/aromatic N) is 4. The number of hydrogen-bond acceptors (Lipinski definition) is 5. The molecule has 0 bridgehead atoms. The summed E-state index contributed by atoms with van der Waals surface area (Å²) in [7, 11) is 0. The summed E-state index contributed by atoms with van der Waals surface area (Å²) < 4.78 is 19.6. The highest BCUT2D eigenvalue weighted by Crippen LogP contribution is 2.23. The SMILES string of the molecule is C=N/C(=C\C=C/CC1CCN(Cc2nc3ccc(C)cc3[nH]2)CC1)OCc1ccc(C#N)cc1F. The van der Waals surface area contributed by atoms with Gasteiger partial charge in [0.25, 0.3) is 0 Å². The molecule has 0 amide bonds. The fourth-order valence-corrected chi connectivity index (χ4v) is 4.30. The second kappa shape index (κ2) is 11.6. The lowest BCUT2D eigenvalue weighted by atomic mass is 9.93. The van der Waals surface area contributed by atoms with E-state index in [0.717, 1.165) is 55.8 Å². The number of likely N-dealkylation sites (tertiary alicyclic amines) is 1. The normalized spacial score (nSPS) is 15.5. The van der Waals surface area contributed by atoms with Crippen LogP contribution < -0.4 is 0 Å². The van der Waals surface area contributed by atoms with Crippen LogP contribution in [0.3, 0.4) is 0 Å².